The van der Waals surface area contributed by atoms with Gasteiger partial charge in [-0.3, -0.25) is 4.79 Å². The third kappa shape index (κ3) is 12.7. The van der Waals surface area contributed by atoms with Crippen molar-refractivity contribution in [2.75, 3.05) is 0 Å². The van der Waals surface area contributed by atoms with Gasteiger partial charge in [0.05, 0.1) is 0 Å². The maximum absolute atomic E-state index is 12.1. The molecule has 0 bridgehead atoms. The van der Waals surface area contributed by atoms with E-state index in [0.717, 1.165) is 37.7 Å². The zero-order chi connectivity index (χ0) is 21.3. The van der Waals surface area contributed by atoms with Crippen LogP contribution in [-0.4, -0.2) is 28.1 Å². The van der Waals surface area contributed by atoms with Crippen molar-refractivity contribution < 1.29 is 19.8 Å². The monoisotopic (exact) mass is 403 g/mol. The molecule has 1 rings (SSSR count). The molecule has 3 N–H and O–H groups in total. The van der Waals surface area contributed by atoms with Gasteiger partial charge in [-0.25, -0.2) is 4.79 Å². The van der Waals surface area contributed by atoms with Crippen LogP contribution < -0.4 is 5.32 Å². The van der Waals surface area contributed by atoms with E-state index in [0.29, 0.717) is 6.42 Å². The standard InChI is InChI=1S/C24H37NO4/c1-2-3-4-5-6-7-8-9-10-11-12-13-14-23(27)25-22(24(28)29)19-20-15-17-21(26)18-16-20/h7-8,15-18,22,26H,2-6,9-14,19H2,1H3,(H,25,27)(H,28,29)/t22-/m0/s1. The summed E-state index contributed by atoms with van der Waals surface area (Å²) in [5.41, 5.74) is 0.758. The smallest absolute Gasteiger partial charge is 0.326 e. The normalized spacial score (nSPS) is 12.2. The minimum Gasteiger partial charge on any atom is -0.508 e. The van der Waals surface area contributed by atoms with E-state index in [4.69, 9.17) is 0 Å². The van der Waals surface area contributed by atoms with Gasteiger partial charge in [-0.15, -0.1) is 0 Å². The van der Waals surface area contributed by atoms with E-state index in [1.807, 2.05) is 0 Å². The summed E-state index contributed by atoms with van der Waals surface area (Å²) in [7, 11) is 0. The van der Waals surface area contributed by atoms with Gasteiger partial charge in [-0.2, -0.15) is 0 Å². The first-order chi connectivity index (χ1) is 14.0. The predicted octanol–water partition coefficient (Wildman–Crippen LogP) is 5.37. The van der Waals surface area contributed by atoms with Crippen molar-refractivity contribution in [2.24, 2.45) is 0 Å². The van der Waals surface area contributed by atoms with Crippen molar-refractivity contribution in [3.8, 4) is 5.75 Å². The maximum Gasteiger partial charge on any atom is 0.326 e. The molecule has 1 atom stereocenters. The quantitative estimate of drug-likeness (QED) is 0.256. The minimum absolute atomic E-state index is 0.132. The van der Waals surface area contributed by atoms with Crippen molar-refractivity contribution >= 4 is 11.9 Å². The lowest BCUT2D eigenvalue weighted by Crippen LogP contribution is -2.42. The molecule has 162 valence electrons. The van der Waals surface area contributed by atoms with Crippen LogP contribution in [0.2, 0.25) is 0 Å². The van der Waals surface area contributed by atoms with Crippen LogP contribution in [0.15, 0.2) is 36.4 Å². The van der Waals surface area contributed by atoms with Gasteiger partial charge in [0.2, 0.25) is 5.91 Å². The van der Waals surface area contributed by atoms with Crippen molar-refractivity contribution in [2.45, 2.75) is 90.0 Å². The van der Waals surface area contributed by atoms with Crippen molar-refractivity contribution in [1.29, 1.82) is 0 Å². The molecule has 1 aromatic rings. The number of phenolic OH excluding ortho intramolecular Hbond substituents is 1. The van der Waals surface area contributed by atoms with E-state index < -0.39 is 12.0 Å². The molecule has 0 aromatic heterocycles. The number of carbonyl (C=O) groups excluding carboxylic acids is 1. The van der Waals surface area contributed by atoms with Crippen LogP contribution in [-0.2, 0) is 16.0 Å². The van der Waals surface area contributed by atoms with E-state index in [1.54, 1.807) is 12.1 Å². The first kappa shape index (κ1) is 24.7. The lowest BCUT2D eigenvalue weighted by atomic mass is 10.1. The average molecular weight is 404 g/mol. The fraction of sp³-hybridized carbons (Fsp3) is 0.583. The Morgan fingerprint density at radius 2 is 1.52 bits per heavy atom. The van der Waals surface area contributed by atoms with Gasteiger partial charge in [-0.1, -0.05) is 63.3 Å². The van der Waals surface area contributed by atoms with Gasteiger partial charge >= 0.3 is 5.97 Å². The Kier molecular flexibility index (Phi) is 13.3. The van der Waals surface area contributed by atoms with E-state index in [-0.39, 0.29) is 18.1 Å². The van der Waals surface area contributed by atoms with Gasteiger partial charge < -0.3 is 15.5 Å². The van der Waals surface area contributed by atoms with Gasteiger partial charge in [-0.05, 0) is 49.8 Å². The first-order valence-corrected chi connectivity index (χ1v) is 11.0. The number of carboxylic acids is 1. The molecule has 1 amide bonds. The highest BCUT2D eigenvalue weighted by atomic mass is 16.4. The lowest BCUT2D eigenvalue weighted by molar-refractivity contribution is -0.141. The highest BCUT2D eigenvalue weighted by Gasteiger charge is 2.20. The number of carbonyl (C=O) groups is 2. The van der Waals surface area contributed by atoms with Crippen LogP contribution in [0, 0.1) is 0 Å². The summed E-state index contributed by atoms with van der Waals surface area (Å²) >= 11 is 0. The Morgan fingerprint density at radius 3 is 2.10 bits per heavy atom. The second kappa shape index (κ2) is 15.6. The van der Waals surface area contributed by atoms with Crippen LogP contribution in [0.4, 0.5) is 0 Å². The number of allylic oxidation sites excluding steroid dienone is 2. The fourth-order valence-corrected chi connectivity index (χ4v) is 3.16. The molecule has 0 aliphatic carbocycles. The number of nitrogens with one attached hydrogen (secondary N) is 1. The zero-order valence-electron chi connectivity index (χ0n) is 17.7. The Bertz CT molecular complexity index is 610. The van der Waals surface area contributed by atoms with E-state index in [2.05, 4.69) is 24.4 Å². The van der Waals surface area contributed by atoms with Crippen LogP contribution in [0.25, 0.3) is 0 Å². The summed E-state index contributed by atoms with van der Waals surface area (Å²) in [6.07, 6.45) is 16.5. The zero-order valence-corrected chi connectivity index (χ0v) is 17.7. The Morgan fingerprint density at radius 1 is 0.931 bits per heavy atom. The molecule has 1 aromatic carbocycles. The van der Waals surface area contributed by atoms with Crippen LogP contribution in [0.5, 0.6) is 5.75 Å². The van der Waals surface area contributed by atoms with E-state index >= 15 is 0 Å². The van der Waals surface area contributed by atoms with E-state index in [1.165, 1.54) is 44.2 Å². The predicted molar refractivity (Wildman–Crippen MR) is 117 cm³/mol. The number of phenols is 1. The topological polar surface area (TPSA) is 86.6 Å². The summed E-state index contributed by atoms with van der Waals surface area (Å²) in [6.45, 7) is 2.22. The van der Waals surface area contributed by atoms with Crippen molar-refractivity contribution in [3.05, 3.63) is 42.0 Å². The third-order valence-electron chi connectivity index (χ3n) is 4.93. The molecule has 0 unspecified atom stereocenters. The molecule has 0 aliphatic rings. The highest BCUT2D eigenvalue weighted by Crippen LogP contribution is 2.12. The van der Waals surface area contributed by atoms with E-state index in [9.17, 15) is 19.8 Å². The number of benzene rings is 1. The summed E-state index contributed by atoms with van der Waals surface area (Å²) in [5.74, 6) is -1.14. The Hall–Kier alpha value is -2.30. The second-order valence-electron chi connectivity index (χ2n) is 7.60. The molecule has 0 radical (unpaired) electrons. The molecule has 0 saturated carbocycles. The summed E-state index contributed by atoms with van der Waals surface area (Å²) in [6, 6.07) is 5.40. The number of amides is 1. The Balaban J connectivity index is 2.13. The number of carboxylic acid groups (broad SMARTS) is 1. The third-order valence-corrected chi connectivity index (χ3v) is 4.93. The number of hydrogen-bond donors (Lipinski definition) is 3. The number of aliphatic carboxylic acids is 1. The van der Waals surface area contributed by atoms with Crippen molar-refractivity contribution in [3.63, 3.8) is 0 Å². The summed E-state index contributed by atoms with van der Waals surface area (Å²) in [5, 5.41) is 21.2. The average Bonchev–Trinajstić information content (AvgIpc) is 2.70. The number of aromatic hydroxyl groups is 1. The molecular formula is C24H37NO4. The fourth-order valence-electron chi connectivity index (χ4n) is 3.16. The summed E-state index contributed by atoms with van der Waals surface area (Å²) < 4.78 is 0. The molecule has 0 saturated heterocycles. The van der Waals surface area contributed by atoms with Gasteiger partial charge in [0.25, 0.3) is 0 Å². The molecule has 29 heavy (non-hydrogen) atoms. The Labute approximate surface area is 175 Å². The number of unbranched alkanes of at least 4 members (excludes halogenated alkanes) is 8. The molecule has 0 fully saturated rings. The van der Waals surface area contributed by atoms with Crippen LogP contribution >= 0.6 is 0 Å². The summed E-state index contributed by atoms with van der Waals surface area (Å²) in [4.78, 5) is 23.5. The van der Waals surface area contributed by atoms with Crippen LogP contribution in [0.3, 0.4) is 0 Å². The first-order valence-electron chi connectivity index (χ1n) is 11.0. The molecule has 5 heteroatoms. The van der Waals surface area contributed by atoms with Gasteiger partial charge in [0.15, 0.2) is 0 Å². The molecule has 0 heterocycles. The highest BCUT2D eigenvalue weighted by molar-refractivity contribution is 5.83. The maximum atomic E-state index is 12.1. The van der Waals surface area contributed by atoms with Crippen molar-refractivity contribution in [1.82, 2.24) is 5.32 Å². The van der Waals surface area contributed by atoms with Crippen LogP contribution in [0.1, 0.15) is 83.1 Å². The van der Waals surface area contributed by atoms with Gasteiger partial charge in [0.1, 0.15) is 11.8 Å². The number of rotatable bonds is 16. The minimum atomic E-state index is -1.05. The molecule has 5 nitrogen and oxygen atoms in total. The van der Waals surface area contributed by atoms with Gasteiger partial charge in [0, 0.05) is 12.8 Å². The second-order valence-corrected chi connectivity index (χ2v) is 7.60. The largest absolute Gasteiger partial charge is 0.508 e. The number of hydrogen-bond acceptors (Lipinski definition) is 3. The lowest BCUT2D eigenvalue weighted by Gasteiger charge is -2.14. The molecule has 0 aliphatic heterocycles. The molecule has 0 spiro atoms. The molecular weight excluding hydrogens is 366 g/mol. The SMILES string of the molecule is CCCCCCC=CCCCCCCC(=O)N[C@@H](Cc1ccc(O)cc1)C(=O)O.